The standard InChI is InChI=1S/C14H12F3N3O/c1-8-2-4-10(18)12(6-8)20-13(21)11-5-3-9(7-19-11)14(15,16)17/h2-7H,18H2,1H3,(H,20,21). The number of amides is 1. The number of nitrogens with one attached hydrogen (secondary N) is 1. The molecule has 21 heavy (non-hydrogen) atoms. The molecule has 0 aliphatic rings. The van der Waals surface area contributed by atoms with Gasteiger partial charge < -0.3 is 11.1 Å². The minimum Gasteiger partial charge on any atom is -0.397 e. The molecule has 1 heterocycles. The van der Waals surface area contributed by atoms with Gasteiger partial charge in [0.25, 0.3) is 5.91 Å². The second-order valence-corrected chi connectivity index (χ2v) is 4.47. The topological polar surface area (TPSA) is 68.0 Å². The highest BCUT2D eigenvalue weighted by atomic mass is 19.4. The highest BCUT2D eigenvalue weighted by Crippen LogP contribution is 2.28. The van der Waals surface area contributed by atoms with Gasteiger partial charge in [0.15, 0.2) is 0 Å². The van der Waals surface area contributed by atoms with E-state index in [9.17, 15) is 18.0 Å². The normalized spacial score (nSPS) is 11.2. The highest BCUT2D eigenvalue weighted by molar-refractivity contribution is 6.04. The molecular formula is C14H12F3N3O. The van der Waals surface area contributed by atoms with E-state index in [1.807, 2.05) is 6.92 Å². The van der Waals surface area contributed by atoms with Crippen molar-refractivity contribution in [2.24, 2.45) is 0 Å². The molecule has 2 aromatic rings. The maximum absolute atomic E-state index is 12.4. The zero-order chi connectivity index (χ0) is 15.6. The zero-order valence-electron chi connectivity index (χ0n) is 11.0. The van der Waals surface area contributed by atoms with Gasteiger partial charge in [-0.25, -0.2) is 0 Å². The summed E-state index contributed by atoms with van der Waals surface area (Å²) in [6.45, 7) is 1.82. The van der Waals surface area contributed by atoms with Crippen molar-refractivity contribution in [3.8, 4) is 0 Å². The monoisotopic (exact) mass is 295 g/mol. The summed E-state index contributed by atoms with van der Waals surface area (Å²) in [6, 6.07) is 6.90. The van der Waals surface area contributed by atoms with Crippen LogP contribution in [0.3, 0.4) is 0 Å². The van der Waals surface area contributed by atoms with E-state index >= 15 is 0 Å². The summed E-state index contributed by atoms with van der Waals surface area (Å²) in [5, 5.41) is 2.52. The van der Waals surface area contributed by atoms with Gasteiger partial charge in [-0.3, -0.25) is 9.78 Å². The maximum atomic E-state index is 12.4. The van der Waals surface area contributed by atoms with Crippen LogP contribution in [0.4, 0.5) is 24.5 Å². The number of aromatic nitrogens is 1. The van der Waals surface area contributed by atoms with Crippen molar-refractivity contribution < 1.29 is 18.0 Å². The van der Waals surface area contributed by atoms with Crippen molar-refractivity contribution in [1.82, 2.24) is 4.98 Å². The molecule has 0 atom stereocenters. The first kappa shape index (κ1) is 14.8. The molecule has 0 saturated heterocycles. The number of nitrogen functional groups attached to an aromatic ring is 1. The van der Waals surface area contributed by atoms with E-state index < -0.39 is 17.6 Å². The van der Waals surface area contributed by atoms with Crippen LogP contribution in [0.5, 0.6) is 0 Å². The van der Waals surface area contributed by atoms with Crippen LogP contribution in [-0.2, 0) is 6.18 Å². The molecule has 4 nitrogen and oxygen atoms in total. The summed E-state index contributed by atoms with van der Waals surface area (Å²) in [5.74, 6) is -0.624. The van der Waals surface area contributed by atoms with E-state index in [0.717, 1.165) is 17.7 Å². The fraction of sp³-hybridized carbons (Fsp3) is 0.143. The van der Waals surface area contributed by atoms with Crippen molar-refractivity contribution in [1.29, 1.82) is 0 Å². The fourth-order valence-electron chi connectivity index (χ4n) is 1.66. The lowest BCUT2D eigenvalue weighted by Gasteiger charge is -2.10. The Kier molecular flexibility index (Phi) is 3.84. The van der Waals surface area contributed by atoms with Crippen LogP contribution in [0.25, 0.3) is 0 Å². The molecule has 1 amide bonds. The van der Waals surface area contributed by atoms with Crippen LogP contribution in [-0.4, -0.2) is 10.9 Å². The lowest BCUT2D eigenvalue weighted by molar-refractivity contribution is -0.137. The average molecular weight is 295 g/mol. The van der Waals surface area contributed by atoms with E-state index in [0.29, 0.717) is 17.6 Å². The Balaban J connectivity index is 2.19. The predicted octanol–water partition coefficient (Wildman–Crippen LogP) is 3.24. The van der Waals surface area contributed by atoms with Crippen LogP contribution in [0.15, 0.2) is 36.5 Å². The van der Waals surface area contributed by atoms with Crippen molar-refractivity contribution in [3.63, 3.8) is 0 Å². The average Bonchev–Trinajstić information content (AvgIpc) is 2.42. The molecule has 1 aromatic heterocycles. The molecule has 110 valence electrons. The van der Waals surface area contributed by atoms with Crippen LogP contribution in [0.2, 0.25) is 0 Å². The van der Waals surface area contributed by atoms with E-state index in [4.69, 9.17) is 5.73 Å². The summed E-state index contributed by atoms with van der Waals surface area (Å²) in [4.78, 5) is 15.4. The van der Waals surface area contributed by atoms with E-state index in [1.165, 1.54) is 0 Å². The molecular weight excluding hydrogens is 283 g/mol. The largest absolute Gasteiger partial charge is 0.417 e. The van der Waals surface area contributed by atoms with Crippen LogP contribution >= 0.6 is 0 Å². The molecule has 0 spiro atoms. The molecule has 0 bridgehead atoms. The summed E-state index contributed by atoms with van der Waals surface area (Å²) >= 11 is 0. The first-order valence-electron chi connectivity index (χ1n) is 5.98. The highest BCUT2D eigenvalue weighted by Gasteiger charge is 2.30. The third kappa shape index (κ3) is 3.50. The van der Waals surface area contributed by atoms with Crippen molar-refractivity contribution in [2.75, 3.05) is 11.1 Å². The summed E-state index contributed by atoms with van der Waals surface area (Å²) in [5.41, 5.74) is 6.32. The number of pyridine rings is 1. The number of hydrogen-bond acceptors (Lipinski definition) is 3. The van der Waals surface area contributed by atoms with Crippen molar-refractivity contribution >= 4 is 17.3 Å². The second kappa shape index (κ2) is 5.43. The third-order valence-electron chi connectivity index (χ3n) is 2.78. The van der Waals surface area contributed by atoms with Gasteiger partial charge in [0.2, 0.25) is 0 Å². The van der Waals surface area contributed by atoms with E-state index in [2.05, 4.69) is 10.3 Å². The fourth-order valence-corrected chi connectivity index (χ4v) is 1.66. The minimum atomic E-state index is -4.48. The number of anilines is 2. The number of rotatable bonds is 2. The van der Waals surface area contributed by atoms with E-state index in [-0.39, 0.29) is 5.69 Å². The molecule has 0 fully saturated rings. The van der Waals surface area contributed by atoms with Gasteiger partial charge in [-0.1, -0.05) is 6.07 Å². The van der Waals surface area contributed by atoms with E-state index in [1.54, 1.807) is 18.2 Å². The smallest absolute Gasteiger partial charge is 0.397 e. The Bertz CT molecular complexity index is 666. The molecule has 7 heteroatoms. The number of halogens is 3. The van der Waals surface area contributed by atoms with Gasteiger partial charge in [-0.15, -0.1) is 0 Å². The number of hydrogen-bond donors (Lipinski definition) is 2. The van der Waals surface area contributed by atoms with Crippen LogP contribution in [0, 0.1) is 6.92 Å². The quantitative estimate of drug-likeness (QED) is 0.836. The summed E-state index contributed by atoms with van der Waals surface area (Å²) in [6.07, 6.45) is -3.86. The number of carbonyl (C=O) groups is 1. The molecule has 3 N–H and O–H groups in total. The Morgan fingerprint density at radius 3 is 2.52 bits per heavy atom. The molecule has 2 rings (SSSR count). The van der Waals surface area contributed by atoms with Gasteiger partial charge in [0, 0.05) is 6.20 Å². The summed E-state index contributed by atoms with van der Waals surface area (Å²) in [7, 11) is 0. The van der Waals surface area contributed by atoms with Crippen LogP contribution < -0.4 is 11.1 Å². The Hall–Kier alpha value is -2.57. The number of carbonyl (C=O) groups excluding carboxylic acids is 1. The lowest BCUT2D eigenvalue weighted by atomic mass is 10.2. The van der Waals surface area contributed by atoms with Gasteiger partial charge in [0.1, 0.15) is 5.69 Å². The van der Waals surface area contributed by atoms with Crippen molar-refractivity contribution in [3.05, 3.63) is 53.3 Å². The van der Waals surface area contributed by atoms with Gasteiger partial charge in [0.05, 0.1) is 16.9 Å². The Morgan fingerprint density at radius 2 is 1.95 bits per heavy atom. The Labute approximate surface area is 118 Å². The third-order valence-corrected chi connectivity index (χ3v) is 2.78. The first-order valence-corrected chi connectivity index (χ1v) is 5.98. The zero-order valence-corrected chi connectivity index (χ0v) is 11.0. The number of benzene rings is 1. The maximum Gasteiger partial charge on any atom is 0.417 e. The number of aryl methyl sites for hydroxylation is 1. The second-order valence-electron chi connectivity index (χ2n) is 4.47. The Morgan fingerprint density at radius 1 is 1.24 bits per heavy atom. The number of nitrogens with two attached hydrogens (primary N) is 1. The molecule has 0 saturated carbocycles. The predicted molar refractivity (Wildman–Crippen MR) is 72.8 cm³/mol. The number of nitrogens with zero attached hydrogens (tertiary/aromatic N) is 1. The van der Waals surface area contributed by atoms with Gasteiger partial charge in [-0.2, -0.15) is 13.2 Å². The molecule has 0 aliphatic carbocycles. The molecule has 0 unspecified atom stereocenters. The molecule has 0 aliphatic heterocycles. The van der Waals surface area contributed by atoms with Crippen molar-refractivity contribution in [2.45, 2.75) is 13.1 Å². The minimum absolute atomic E-state index is 0.121. The molecule has 0 radical (unpaired) electrons. The lowest BCUT2D eigenvalue weighted by Crippen LogP contribution is -2.16. The van der Waals surface area contributed by atoms with Gasteiger partial charge in [-0.05, 0) is 36.8 Å². The SMILES string of the molecule is Cc1ccc(N)c(NC(=O)c2ccc(C(F)(F)F)cn2)c1. The van der Waals surface area contributed by atoms with Gasteiger partial charge >= 0.3 is 6.18 Å². The number of alkyl halides is 3. The molecule has 1 aromatic carbocycles. The summed E-state index contributed by atoms with van der Waals surface area (Å²) < 4.78 is 37.2. The first-order chi connectivity index (χ1) is 9.77. The van der Waals surface area contributed by atoms with Crippen LogP contribution in [0.1, 0.15) is 21.6 Å².